The van der Waals surface area contributed by atoms with Crippen LogP contribution in [0, 0.1) is 0 Å². The fourth-order valence-electron chi connectivity index (χ4n) is 2.83. The summed E-state index contributed by atoms with van der Waals surface area (Å²) in [4.78, 5) is 4.03. The molecule has 1 N–H and O–H groups in total. The first kappa shape index (κ1) is 21.2. The Bertz CT molecular complexity index is 1060. The lowest BCUT2D eigenvalue weighted by Crippen LogP contribution is -3.00. The molecule has 0 atom stereocenters. The van der Waals surface area contributed by atoms with Gasteiger partial charge in [-0.2, -0.15) is 4.68 Å². The van der Waals surface area contributed by atoms with Crippen LogP contribution < -0.4 is 27.2 Å². The smallest absolute Gasteiger partial charge is 0.346 e. The Morgan fingerprint density at radius 2 is 1.67 bits per heavy atom. The van der Waals surface area contributed by atoms with Crippen molar-refractivity contribution in [1.82, 2.24) is 30.5 Å². The van der Waals surface area contributed by atoms with E-state index >= 15 is 0 Å². The normalized spacial score (nSPS) is 10.3. The number of benzene rings is 2. The van der Waals surface area contributed by atoms with E-state index in [1.807, 2.05) is 60.7 Å². The third-order valence-corrected chi connectivity index (χ3v) is 4.28. The maximum Gasteiger partial charge on any atom is 0.346 e. The highest BCUT2D eigenvalue weighted by Crippen LogP contribution is 2.32. The van der Waals surface area contributed by atoms with Crippen LogP contribution in [0.25, 0.3) is 5.69 Å². The minimum atomic E-state index is 0. The van der Waals surface area contributed by atoms with Gasteiger partial charge in [0.05, 0.1) is 12.8 Å². The molecule has 0 spiro atoms. The number of nitrogens with zero attached hydrogens (tertiary/aromatic N) is 5. The maximum atomic E-state index is 5.93. The number of aromatic nitrogens is 5. The number of hydrogen-bond acceptors (Lipinski definition) is 7. The zero-order chi connectivity index (χ0) is 19.9. The van der Waals surface area contributed by atoms with E-state index in [4.69, 9.17) is 9.47 Å². The molecule has 4 rings (SSSR count). The Labute approximate surface area is 180 Å². The van der Waals surface area contributed by atoms with E-state index in [1.54, 1.807) is 19.5 Å². The summed E-state index contributed by atoms with van der Waals surface area (Å²) in [7, 11) is 1.61. The van der Waals surface area contributed by atoms with Crippen molar-refractivity contribution >= 4 is 0 Å². The highest BCUT2D eigenvalue weighted by atomic mass is 35.5. The summed E-state index contributed by atoms with van der Waals surface area (Å²) in [6.45, 7) is 1.45. The molecule has 0 saturated heterocycles. The highest BCUT2D eigenvalue weighted by molar-refractivity contribution is 5.44. The zero-order valence-electron chi connectivity index (χ0n) is 16.3. The molecule has 30 heavy (non-hydrogen) atoms. The van der Waals surface area contributed by atoms with Crippen LogP contribution >= 0.6 is 0 Å². The van der Waals surface area contributed by atoms with E-state index in [1.165, 1.54) is 10.2 Å². The fraction of sp³-hybridized carbons (Fsp3) is 0.143. The summed E-state index contributed by atoms with van der Waals surface area (Å²) in [6, 6.07) is 19.6. The average molecular weight is 424 g/mol. The molecule has 0 aliphatic rings. The number of para-hydroxylation sites is 1. The quantitative estimate of drug-likeness (QED) is 0.431. The van der Waals surface area contributed by atoms with Crippen molar-refractivity contribution < 1.29 is 21.9 Å². The van der Waals surface area contributed by atoms with E-state index < -0.39 is 0 Å². The van der Waals surface area contributed by atoms with Gasteiger partial charge in [0, 0.05) is 25.5 Å². The molecule has 0 aliphatic carbocycles. The van der Waals surface area contributed by atoms with Crippen molar-refractivity contribution in [3.63, 3.8) is 0 Å². The van der Waals surface area contributed by atoms with Gasteiger partial charge >= 0.3 is 6.01 Å². The molecule has 8 nitrogen and oxygen atoms in total. The van der Waals surface area contributed by atoms with Gasteiger partial charge in [0.15, 0.2) is 11.5 Å². The number of methoxy groups -OCH3 is 1. The van der Waals surface area contributed by atoms with Crippen LogP contribution in [-0.4, -0.2) is 32.3 Å². The first-order valence-corrected chi connectivity index (χ1v) is 9.11. The topological polar surface area (TPSA) is 87.0 Å². The van der Waals surface area contributed by atoms with E-state index in [0.29, 0.717) is 18.0 Å². The van der Waals surface area contributed by atoms with E-state index in [9.17, 15) is 0 Å². The van der Waals surface area contributed by atoms with Gasteiger partial charge in [-0.1, -0.05) is 29.4 Å². The summed E-state index contributed by atoms with van der Waals surface area (Å²) < 4.78 is 13.0. The third kappa shape index (κ3) is 5.11. The molecule has 154 valence electrons. The number of pyridine rings is 1. The molecule has 0 aliphatic heterocycles. The van der Waals surface area contributed by atoms with Crippen molar-refractivity contribution in [3.05, 3.63) is 84.2 Å². The van der Waals surface area contributed by atoms with Crippen molar-refractivity contribution in [3.8, 4) is 23.2 Å². The lowest BCUT2D eigenvalue weighted by molar-refractivity contribution is -0.00000688. The van der Waals surface area contributed by atoms with Crippen LogP contribution in [0.4, 0.5) is 0 Å². The number of halogens is 1. The summed E-state index contributed by atoms with van der Waals surface area (Å²) >= 11 is 0. The molecule has 0 saturated carbocycles. The monoisotopic (exact) mass is 423 g/mol. The van der Waals surface area contributed by atoms with Gasteiger partial charge in [-0.25, -0.2) is 0 Å². The van der Waals surface area contributed by atoms with Crippen molar-refractivity contribution in [1.29, 1.82) is 0 Å². The summed E-state index contributed by atoms with van der Waals surface area (Å²) in [6.07, 6.45) is 3.57. The Morgan fingerprint density at radius 1 is 0.900 bits per heavy atom. The molecule has 0 unspecified atom stereocenters. The van der Waals surface area contributed by atoms with Crippen LogP contribution in [0.1, 0.15) is 11.1 Å². The van der Waals surface area contributed by atoms with Crippen LogP contribution in [0.3, 0.4) is 0 Å². The van der Waals surface area contributed by atoms with Crippen LogP contribution in [0.5, 0.6) is 17.5 Å². The van der Waals surface area contributed by atoms with Gasteiger partial charge in [0.2, 0.25) is 0 Å². The largest absolute Gasteiger partial charge is 1.00 e. The van der Waals surface area contributed by atoms with Gasteiger partial charge in [-0.3, -0.25) is 4.98 Å². The first-order valence-electron chi connectivity index (χ1n) is 9.11. The fourth-order valence-corrected chi connectivity index (χ4v) is 2.83. The Balaban J connectivity index is 0.00000256. The lowest BCUT2D eigenvalue weighted by Gasteiger charge is -2.12. The second-order valence-electron chi connectivity index (χ2n) is 6.26. The van der Waals surface area contributed by atoms with E-state index in [-0.39, 0.29) is 18.4 Å². The van der Waals surface area contributed by atoms with Crippen LogP contribution in [-0.2, 0) is 13.1 Å². The van der Waals surface area contributed by atoms with Gasteiger partial charge < -0.3 is 27.2 Å². The molecule has 0 radical (unpaired) electrons. The molecule has 2 heterocycles. The van der Waals surface area contributed by atoms with Crippen LogP contribution in [0.2, 0.25) is 0 Å². The average Bonchev–Trinajstić information content (AvgIpc) is 3.24. The predicted molar refractivity (Wildman–Crippen MR) is 107 cm³/mol. The molecule has 0 amide bonds. The molecular weight excluding hydrogens is 404 g/mol. The highest BCUT2D eigenvalue weighted by Gasteiger charge is 2.14. The molecule has 9 heteroatoms. The minimum absolute atomic E-state index is 0. The van der Waals surface area contributed by atoms with Crippen molar-refractivity contribution in [2.75, 3.05) is 7.11 Å². The minimum Gasteiger partial charge on any atom is -1.00 e. The Kier molecular flexibility index (Phi) is 7.31. The molecule has 2 aromatic heterocycles. The third-order valence-electron chi connectivity index (χ3n) is 4.28. The van der Waals surface area contributed by atoms with Crippen molar-refractivity contribution in [2.45, 2.75) is 13.1 Å². The number of rotatable bonds is 8. The SMILES string of the molecule is COc1cc(CNCc2ccncc2)ccc1Oc1nnnn1-c1ccccc1.[Cl-]. The van der Waals surface area contributed by atoms with Gasteiger partial charge in [-0.05, 0) is 58.0 Å². The Hall–Kier alpha value is -3.49. The van der Waals surface area contributed by atoms with Crippen LogP contribution in [0.15, 0.2) is 73.1 Å². The molecular formula is C21H20ClN6O2-. The van der Waals surface area contributed by atoms with Gasteiger partial charge in [0.1, 0.15) is 0 Å². The molecule has 0 bridgehead atoms. The van der Waals surface area contributed by atoms with E-state index in [0.717, 1.165) is 17.8 Å². The first-order chi connectivity index (χ1) is 14.3. The number of nitrogens with one attached hydrogen (secondary N) is 1. The second kappa shape index (κ2) is 10.3. The summed E-state index contributed by atoms with van der Waals surface area (Å²) in [5, 5.41) is 15.1. The predicted octanol–water partition coefficient (Wildman–Crippen LogP) is 0.152. The zero-order valence-corrected chi connectivity index (χ0v) is 17.0. The number of tetrazole rings is 1. The Morgan fingerprint density at radius 3 is 2.43 bits per heavy atom. The lowest BCUT2D eigenvalue weighted by atomic mass is 10.2. The van der Waals surface area contributed by atoms with Crippen molar-refractivity contribution in [2.24, 2.45) is 0 Å². The second-order valence-corrected chi connectivity index (χ2v) is 6.26. The number of ether oxygens (including phenoxy) is 2. The molecule has 2 aromatic carbocycles. The summed E-state index contributed by atoms with van der Waals surface area (Å²) in [5.74, 6) is 1.15. The maximum absolute atomic E-state index is 5.93. The number of hydrogen-bond donors (Lipinski definition) is 1. The molecule has 4 aromatic rings. The van der Waals surface area contributed by atoms with E-state index in [2.05, 4.69) is 25.8 Å². The standard InChI is InChI=1S/C21H20N6O2.ClH/c1-28-20-13-17(15-23-14-16-9-11-22-12-10-16)7-8-19(20)29-21-24-25-26-27(21)18-5-3-2-4-6-18;/h2-13,23H,14-15H2,1H3;1H/p-1. The van der Waals surface area contributed by atoms with Gasteiger partial charge in [0.25, 0.3) is 0 Å². The molecule has 0 fully saturated rings. The van der Waals surface area contributed by atoms with Gasteiger partial charge in [-0.15, -0.1) is 0 Å². The summed E-state index contributed by atoms with van der Waals surface area (Å²) in [5.41, 5.74) is 3.06.